The molecule has 7 nitrogen and oxygen atoms in total. The average molecular weight is 390 g/mol. The maximum atomic E-state index is 13.0. The van der Waals surface area contributed by atoms with Crippen molar-refractivity contribution in [1.29, 1.82) is 0 Å². The van der Waals surface area contributed by atoms with Crippen LogP contribution in [0.1, 0.15) is 32.6 Å². The van der Waals surface area contributed by atoms with Crippen molar-refractivity contribution in [3.8, 4) is 5.75 Å². The standard InChI is InChI=1S/C19H22N2O5S/c1-2-20(27(24,25)19-9-5-6-16(14-19)21(22)23)15-10-12-18(13-11-15)26-17-7-3-4-8-17/h5-6,9-14,17H,2-4,7-8H2,1H3. The molecule has 1 aliphatic carbocycles. The second-order valence-electron chi connectivity index (χ2n) is 6.44. The topological polar surface area (TPSA) is 89.8 Å². The molecule has 0 spiro atoms. The molecule has 1 aliphatic rings. The summed E-state index contributed by atoms with van der Waals surface area (Å²) in [6.45, 7) is 1.92. The summed E-state index contributed by atoms with van der Waals surface area (Å²) in [6.07, 6.45) is 4.67. The highest BCUT2D eigenvalue weighted by molar-refractivity contribution is 7.92. The van der Waals surface area contributed by atoms with Crippen LogP contribution in [0.3, 0.4) is 0 Å². The number of nitro groups is 1. The second-order valence-corrected chi connectivity index (χ2v) is 8.30. The molecule has 2 aromatic carbocycles. The monoisotopic (exact) mass is 390 g/mol. The Morgan fingerprint density at radius 2 is 1.81 bits per heavy atom. The van der Waals surface area contributed by atoms with E-state index in [9.17, 15) is 18.5 Å². The predicted octanol–water partition coefficient (Wildman–Crippen LogP) is 4.13. The molecule has 0 unspecified atom stereocenters. The Morgan fingerprint density at radius 3 is 2.41 bits per heavy atom. The van der Waals surface area contributed by atoms with E-state index in [-0.39, 0.29) is 23.2 Å². The fourth-order valence-corrected chi connectivity index (χ4v) is 4.78. The summed E-state index contributed by atoms with van der Waals surface area (Å²) in [7, 11) is -3.91. The third-order valence-electron chi connectivity index (χ3n) is 4.63. The molecule has 0 amide bonds. The minimum absolute atomic E-state index is 0.107. The fraction of sp³-hybridized carbons (Fsp3) is 0.368. The molecule has 3 rings (SSSR count). The Hall–Kier alpha value is -2.61. The van der Waals surface area contributed by atoms with Gasteiger partial charge in [-0.3, -0.25) is 14.4 Å². The van der Waals surface area contributed by atoms with Crippen LogP contribution in [0.5, 0.6) is 5.75 Å². The van der Waals surface area contributed by atoms with E-state index in [0.717, 1.165) is 24.7 Å². The number of hydrogen-bond acceptors (Lipinski definition) is 5. The molecule has 144 valence electrons. The number of ether oxygens (including phenoxy) is 1. The van der Waals surface area contributed by atoms with Gasteiger partial charge in [0.2, 0.25) is 0 Å². The number of sulfonamides is 1. The highest BCUT2D eigenvalue weighted by Gasteiger charge is 2.25. The van der Waals surface area contributed by atoms with Crippen molar-refractivity contribution in [2.75, 3.05) is 10.8 Å². The van der Waals surface area contributed by atoms with Gasteiger partial charge < -0.3 is 4.74 Å². The Balaban J connectivity index is 1.84. The van der Waals surface area contributed by atoms with Crippen molar-refractivity contribution in [2.45, 2.75) is 43.6 Å². The predicted molar refractivity (Wildman–Crippen MR) is 103 cm³/mol. The van der Waals surface area contributed by atoms with Crippen LogP contribution >= 0.6 is 0 Å². The summed E-state index contributed by atoms with van der Waals surface area (Å²) < 4.78 is 33.1. The molecule has 2 aromatic rings. The number of nitrogens with zero attached hydrogens (tertiary/aromatic N) is 2. The molecule has 0 aliphatic heterocycles. The Kier molecular flexibility index (Phi) is 5.65. The molecule has 0 heterocycles. The first-order valence-electron chi connectivity index (χ1n) is 8.95. The van der Waals surface area contributed by atoms with Gasteiger partial charge in [0.15, 0.2) is 0 Å². The number of rotatable bonds is 7. The van der Waals surface area contributed by atoms with E-state index in [2.05, 4.69) is 0 Å². The minimum Gasteiger partial charge on any atom is -0.490 e. The normalized spacial score (nSPS) is 14.9. The molecule has 27 heavy (non-hydrogen) atoms. The lowest BCUT2D eigenvalue weighted by atomic mass is 10.2. The lowest BCUT2D eigenvalue weighted by Gasteiger charge is -2.23. The third kappa shape index (κ3) is 4.21. The van der Waals surface area contributed by atoms with E-state index in [1.807, 2.05) is 0 Å². The quantitative estimate of drug-likeness (QED) is 0.524. The van der Waals surface area contributed by atoms with Gasteiger partial charge in [-0.1, -0.05) is 6.07 Å². The Morgan fingerprint density at radius 1 is 1.15 bits per heavy atom. The van der Waals surface area contributed by atoms with E-state index in [4.69, 9.17) is 4.74 Å². The van der Waals surface area contributed by atoms with Crippen LogP contribution in [-0.2, 0) is 10.0 Å². The van der Waals surface area contributed by atoms with Gasteiger partial charge >= 0.3 is 0 Å². The number of benzene rings is 2. The maximum absolute atomic E-state index is 13.0. The molecule has 0 bridgehead atoms. The number of nitro benzene ring substituents is 1. The van der Waals surface area contributed by atoms with Crippen LogP contribution in [0.15, 0.2) is 53.4 Å². The van der Waals surface area contributed by atoms with Gasteiger partial charge in [-0.2, -0.15) is 0 Å². The maximum Gasteiger partial charge on any atom is 0.270 e. The van der Waals surface area contributed by atoms with E-state index in [0.29, 0.717) is 5.69 Å². The van der Waals surface area contributed by atoms with Gasteiger partial charge in [0.1, 0.15) is 5.75 Å². The lowest BCUT2D eigenvalue weighted by molar-refractivity contribution is -0.385. The largest absolute Gasteiger partial charge is 0.490 e. The fourth-order valence-electron chi connectivity index (χ4n) is 3.27. The van der Waals surface area contributed by atoms with Gasteiger partial charge in [0.25, 0.3) is 15.7 Å². The summed E-state index contributed by atoms with van der Waals surface area (Å²) in [5.41, 5.74) is 0.232. The Labute approximate surface area is 158 Å². The van der Waals surface area contributed by atoms with Crippen molar-refractivity contribution in [2.24, 2.45) is 0 Å². The third-order valence-corrected chi connectivity index (χ3v) is 6.53. The summed E-state index contributed by atoms with van der Waals surface area (Å²) >= 11 is 0. The van der Waals surface area contributed by atoms with E-state index < -0.39 is 14.9 Å². The summed E-state index contributed by atoms with van der Waals surface area (Å²) in [4.78, 5) is 10.2. The first kappa shape index (κ1) is 19.2. The van der Waals surface area contributed by atoms with Crippen molar-refractivity contribution in [1.82, 2.24) is 0 Å². The zero-order chi connectivity index (χ0) is 19.4. The van der Waals surface area contributed by atoms with Crippen LogP contribution in [0, 0.1) is 10.1 Å². The lowest BCUT2D eigenvalue weighted by Crippen LogP contribution is -2.30. The molecular weight excluding hydrogens is 368 g/mol. The molecular formula is C19H22N2O5S. The molecule has 8 heteroatoms. The van der Waals surface area contributed by atoms with Crippen LogP contribution in [0.4, 0.5) is 11.4 Å². The molecule has 0 radical (unpaired) electrons. The van der Waals surface area contributed by atoms with Crippen molar-refractivity contribution in [3.05, 3.63) is 58.6 Å². The number of anilines is 1. The second kappa shape index (κ2) is 7.96. The van der Waals surface area contributed by atoms with Crippen molar-refractivity contribution < 1.29 is 18.1 Å². The number of hydrogen-bond donors (Lipinski definition) is 0. The molecule has 0 saturated heterocycles. The molecule has 0 N–H and O–H groups in total. The summed E-state index contributed by atoms with van der Waals surface area (Å²) in [5.74, 6) is 0.717. The Bertz CT molecular complexity index is 906. The summed E-state index contributed by atoms with van der Waals surface area (Å²) in [5, 5.41) is 11.0. The van der Waals surface area contributed by atoms with Crippen LogP contribution < -0.4 is 9.04 Å². The molecule has 1 fully saturated rings. The first-order chi connectivity index (χ1) is 12.9. The molecule has 1 saturated carbocycles. The SMILES string of the molecule is CCN(c1ccc(OC2CCCC2)cc1)S(=O)(=O)c1cccc([N+](=O)[O-])c1. The van der Waals surface area contributed by atoms with Crippen molar-refractivity contribution in [3.63, 3.8) is 0 Å². The van der Waals surface area contributed by atoms with Gasteiger partial charge in [-0.25, -0.2) is 8.42 Å². The van der Waals surface area contributed by atoms with E-state index >= 15 is 0 Å². The van der Waals surface area contributed by atoms with Gasteiger partial charge in [-0.05, 0) is 62.9 Å². The van der Waals surface area contributed by atoms with Crippen molar-refractivity contribution >= 4 is 21.4 Å². The van der Waals surface area contributed by atoms with Gasteiger partial charge in [0.05, 0.1) is 21.6 Å². The molecule has 0 atom stereocenters. The van der Waals surface area contributed by atoms with Gasteiger partial charge in [0, 0.05) is 18.7 Å². The highest BCUT2D eigenvalue weighted by atomic mass is 32.2. The smallest absolute Gasteiger partial charge is 0.270 e. The first-order valence-corrected chi connectivity index (χ1v) is 10.4. The van der Waals surface area contributed by atoms with Crippen LogP contribution in [0.2, 0.25) is 0 Å². The van der Waals surface area contributed by atoms with Crippen LogP contribution in [0.25, 0.3) is 0 Å². The minimum atomic E-state index is -3.91. The summed E-state index contributed by atoms with van der Waals surface area (Å²) in [6, 6.07) is 12.0. The van der Waals surface area contributed by atoms with E-state index in [1.54, 1.807) is 31.2 Å². The zero-order valence-corrected chi connectivity index (χ0v) is 15.9. The molecule has 0 aromatic heterocycles. The highest BCUT2D eigenvalue weighted by Crippen LogP contribution is 2.29. The van der Waals surface area contributed by atoms with E-state index in [1.165, 1.54) is 35.3 Å². The van der Waals surface area contributed by atoms with Crippen LogP contribution in [-0.4, -0.2) is 26.0 Å². The average Bonchev–Trinajstić information content (AvgIpc) is 3.16. The van der Waals surface area contributed by atoms with Gasteiger partial charge in [-0.15, -0.1) is 0 Å². The zero-order valence-electron chi connectivity index (χ0n) is 15.1. The number of non-ortho nitro benzene ring substituents is 1.